The molecule has 8 heteroatoms. The molecule has 7 nitrogen and oxygen atoms in total. The van der Waals surface area contributed by atoms with Crippen molar-refractivity contribution >= 4 is 39.8 Å². The molecular formula is C19H15N3O4S. The fraction of sp³-hybridized carbons (Fsp3) is 0.105. The van der Waals surface area contributed by atoms with Crippen LogP contribution in [0.25, 0.3) is 21.7 Å². The standard InChI is InChI=1S/C19H15N3O4S/c23-17(9-14-11-26-19(21-14)16-2-1-7-27-16)20-13-3-4-15-12(8-13)5-6-22(15)10-18(24)25/h1-8,11H,9-10H2,(H,20,23)(H,24,25). The molecule has 3 heterocycles. The summed E-state index contributed by atoms with van der Waals surface area (Å²) in [6.45, 7) is -0.103. The van der Waals surface area contributed by atoms with E-state index < -0.39 is 5.97 Å². The van der Waals surface area contributed by atoms with Crippen LogP contribution in [0, 0.1) is 0 Å². The van der Waals surface area contributed by atoms with Gasteiger partial charge in [-0.15, -0.1) is 11.3 Å². The summed E-state index contributed by atoms with van der Waals surface area (Å²) < 4.78 is 7.06. The zero-order chi connectivity index (χ0) is 18.8. The number of benzene rings is 1. The lowest BCUT2D eigenvalue weighted by molar-refractivity contribution is -0.137. The summed E-state index contributed by atoms with van der Waals surface area (Å²) in [6, 6.07) is 11.0. The van der Waals surface area contributed by atoms with Gasteiger partial charge in [0.15, 0.2) is 0 Å². The summed E-state index contributed by atoms with van der Waals surface area (Å²) in [5, 5.41) is 14.6. The lowest BCUT2D eigenvalue weighted by Gasteiger charge is -2.06. The molecule has 0 aliphatic rings. The zero-order valence-electron chi connectivity index (χ0n) is 14.1. The number of hydrogen-bond donors (Lipinski definition) is 2. The van der Waals surface area contributed by atoms with E-state index in [1.807, 2.05) is 29.6 Å². The van der Waals surface area contributed by atoms with Gasteiger partial charge in [-0.1, -0.05) is 6.07 Å². The fourth-order valence-electron chi connectivity index (χ4n) is 2.83. The topological polar surface area (TPSA) is 97.4 Å². The van der Waals surface area contributed by atoms with Crippen LogP contribution >= 0.6 is 11.3 Å². The fourth-order valence-corrected chi connectivity index (χ4v) is 3.49. The van der Waals surface area contributed by atoms with Gasteiger partial charge in [-0.25, -0.2) is 4.98 Å². The van der Waals surface area contributed by atoms with Crippen molar-refractivity contribution in [3.05, 3.63) is 59.9 Å². The molecule has 3 aromatic heterocycles. The molecule has 0 bridgehead atoms. The van der Waals surface area contributed by atoms with Crippen LogP contribution in [0.15, 0.2) is 58.7 Å². The third kappa shape index (κ3) is 3.75. The minimum Gasteiger partial charge on any atom is -0.480 e. The van der Waals surface area contributed by atoms with E-state index in [4.69, 9.17) is 9.52 Å². The molecule has 4 aromatic rings. The van der Waals surface area contributed by atoms with Crippen molar-refractivity contribution in [1.82, 2.24) is 9.55 Å². The number of amides is 1. The molecule has 0 aliphatic carbocycles. The highest BCUT2D eigenvalue weighted by Crippen LogP contribution is 2.24. The average molecular weight is 381 g/mol. The summed E-state index contributed by atoms with van der Waals surface area (Å²) in [4.78, 5) is 28.4. The summed E-state index contributed by atoms with van der Waals surface area (Å²) in [7, 11) is 0. The molecule has 0 spiro atoms. The number of nitrogens with one attached hydrogen (secondary N) is 1. The molecule has 2 N–H and O–H groups in total. The van der Waals surface area contributed by atoms with Crippen LogP contribution in [0.1, 0.15) is 5.69 Å². The van der Waals surface area contributed by atoms with Gasteiger partial charge in [0.1, 0.15) is 12.8 Å². The number of fused-ring (bicyclic) bond motifs is 1. The molecule has 0 saturated heterocycles. The van der Waals surface area contributed by atoms with E-state index in [1.165, 1.54) is 17.6 Å². The van der Waals surface area contributed by atoms with Crippen LogP contribution in [-0.4, -0.2) is 26.5 Å². The number of nitrogens with zero attached hydrogens (tertiary/aromatic N) is 2. The van der Waals surface area contributed by atoms with Crippen molar-refractivity contribution in [2.75, 3.05) is 5.32 Å². The first-order valence-corrected chi connectivity index (χ1v) is 9.05. The van der Waals surface area contributed by atoms with Crippen LogP contribution in [0.5, 0.6) is 0 Å². The molecule has 0 saturated carbocycles. The van der Waals surface area contributed by atoms with E-state index in [0.29, 0.717) is 17.3 Å². The predicted octanol–water partition coefficient (Wildman–Crippen LogP) is 3.62. The number of thiophene rings is 1. The maximum absolute atomic E-state index is 12.3. The van der Waals surface area contributed by atoms with Crippen LogP contribution < -0.4 is 5.32 Å². The van der Waals surface area contributed by atoms with Crippen LogP contribution in [0.3, 0.4) is 0 Å². The third-order valence-electron chi connectivity index (χ3n) is 3.99. The SMILES string of the molecule is O=C(O)Cn1ccc2cc(NC(=O)Cc3coc(-c4cccs4)n3)ccc21. The van der Waals surface area contributed by atoms with Gasteiger partial charge < -0.3 is 19.4 Å². The molecule has 27 heavy (non-hydrogen) atoms. The Morgan fingerprint density at radius 2 is 2.15 bits per heavy atom. The van der Waals surface area contributed by atoms with Crippen molar-refractivity contribution < 1.29 is 19.1 Å². The van der Waals surface area contributed by atoms with Gasteiger partial charge in [0, 0.05) is 22.8 Å². The first-order valence-electron chi connectivity index (χ1n) is 8.17. The van der Waals surface area contributed by atoms with Crippen molar-refractivity contribution in [2.24, 2.45) is 0 Å². The maximum atomic E-state index is 12.3. The molecule has 0 radical (unpaired) electrons. The highest BCUT2D eigenvalue weighted by molar-refractivity contribution is 7.13. The normalized spacial score (nSPS) is 11.0. The van der Waals surface area contributed by atoms with Crippen molar-refractivity contribution in [3.63, 3.8) is 0 Å². The lowest BCUT2D eigenvalue weighted by Crippen LogP contribution is -2.14. The van der Waals surface area contributed by atoms with E-state index >= 15 is 0 Å². The van der Waals surface area contributed by atoms with Gasteiger partial charge in [-0.05, 0) is 35.7 Å². The molecule has 0 unspecified atom stereocenters. The first-order chi connectivity index (χ1) is 13.1. The molecular weight excluding hydrogens is 366 g/mol. The molecule has 4 rings (SSSR count). The summed E-state index contributed by atoms with van der Waals surface area (Å²) in [5.41, 5.74) is 2.00. The Kier molecular flexibility index (Phi) is 4.47. The van der Waals surface area contributed by atoms with E-state index in [2.05, 4.69) is 10.3 Å². The van der Waals surface area contributed by atoms with Crippen LogP contribution in [0.4, 0.5) is 5.69 Å². The third-order valence-corrected chi connectivity index (χ3v) is 4.84. The van der Waals surface area contributed by atoms with Crippen molar-refractivity contribution in [2.45, 2.75) is 13.0 Å². The number of rotatable bonds is 6. The molecule has 0 aliphatic heterocycles. The summed E-state index contributed by atoms with van der Waals surface area (Å²) in [5.74, 6) is -0.598. The van der Waals surface area contributed by atoms with Crippen LogP contribution in [-0.2, 0) is 22.6 Å². The Hall–Kier alpha value is -3.39. The van der Waals surface area contributed by atoms with E-state index in [0.717, 1.165) is 15.8 Å². The lowest BCUT2D eigenvalue weighted by atomic mass is 10.2. The number of oxazole rings is 1. The predicted molar refractivity (Wildman–Crippen MR) is 102 cm³/mol. The second-order valence-corrected chi connectivity index (χ2v) is 6.90. The number of carboxylic acid groups (broad SMARTS) is 1. The molecule has 0 atom stereocenters. The number of carboxylic acids is 1. The number of aliphatic carboxylic acids is 1. The van der Waals surface area contributed by atoms with E-state index in [1.54, 1.807) is 22.9 Å². The number of aromatic nitrogens is 2. The Morgan fingerprint density at radius 3 is 2.93 bits per heavy atom. The van der Waals surface area contributed by atoms with Gasteiger partial charge in [-0.3, -0.25) is 9.59 Å². The van der Waals surface area contributed by atoms with Gasteiger partial charge >= 0.3 is 5.97 Å². The molecule has 1 amide bonds. The van der Waals surface area contributed by atoms with E-state index in [9.17, 15) is 9.59 Å². The zero-order valence-corrected chi connectivity index (χ0v) is 14.9. The monoisotopic (exact) mass is 381 g/mol. The smallest absolute Gasteiger partial charge is 0.323 e. The second kappa shape index (κ2) is 7.08. The number of carbonyl (C=O) groups is 2. The number of hydrogen-bond acceptors (Lipinski definition) is 5. The quantitative estimate of drug-likeness (QED) is 0.532. The molecule has 1 aromatic carbocycles. The minimum atomic E-state index is -0.903. The highest BCUT2D eigenvalue weighted by Gasteiger charge is 2.12. The summed E-state index contributed by atoms with van der Waals surface area (Å²) in [6.07, 6.45) is 3.31. The Balaban J connectivity index is 1.44. The largest absolute Gasteiger partial charge is 0.480 e. The Labute approximate surface area is 157 Å². The van der Waals surface area contributed by atoms with Gasteiger partial charge in [0.05, 0.1) is 17.0 Å². The average Bonchev–Trinajstić information content (AvgIpc) is 3.35. The maximum Gasteiger partial charge on any atom is 0.323 e. The minimum absolute atomic E-state index is 0.103. The second-order valence-electron chi connectivity index (χ2n) is 5.96. The first kappa shape index (κ1) is 17.0. The molecule has 136 valence electrons. The van der Waals surface area contributed by atoms with E-state index in [-0.39, 0.29) is 18.9 Å². The van der Waals surface area contributed by atoms with Crippen molar-refractivity contribution in [1.29, 1.82) is 0 Å². The van der Waals surface area contributed by atoms with Gasteiger partial charge in [-0.2, -0.15) is 0 Å². The summed E-state index contributed by atoms with van der Waals surface area (Å²) >= 11 is 1.52. The Morgan fingerprint density at radius 1 is 1.26 bits per heavy atom. The number of carbonyl (C=O) groups excluding carboxylic acids is 1. The van der Waals surface area contributed by atoms with Crippen LogP contribution in [0.2, 0.25) is 0 Å². The highest BCUT2D eigenvalue weighted by atomic mass is 32.1. The number of anilines is 1. The Bertz CT molecular complexity index is 1110. The van der Waals surface area contributed by atoms with Gasteiger partial charge in [0.25, 0.3) is 0 Å². The van der Waals surface area contributed by atoms with Crippen molar-refractivity contribution in [3.8, 4) is 10.8 Å². The van der Waals surface area contributed by atoms with Gasteiger partial charge in [0.2, 0.25) is 11.8 Å². The molecule has 0 fully saturated rings.